The normalized spacial score (nSPS) is 11.5. The van der Waals surface area contributed by atoms with Gasteiger partial charge in [-0.25, -0.2) is 13.4 Å². The van der Waals surface area contributed by atoms with Crippen molar-refractivity contribution in [2.24, 2.45) is 0 Å². The molecule has 0 amide bonds. The van der Waals surface area contributed by atoms with Gasteiger partial charge in [-0.15, -0.1) is 0 Å². The summed E-state index contributed by atoms with van der Waals surface area (Å²) in [6, 6.07) is 2.46. The first-order valence-electron chi connectivity index (χ1n) is 2.56. The Morgan fingerprint density at radius 3 is 2.45 bits per heavy atom. The lowest BCUT2D eigenvalue weighted by molar-refractivity contribution is 0.609. The lowest BCUT2D eigenvalue weighted by Crippen LogP contribution is -1.90. The minimum Gasteiger partial charge on any atom is -0.244 e. The summed E-state index contributed by atoms with van der Waals surface area (Å²) in [7, 11) is 1.34. The van der Waals surface area contributed by atoms with Gasteiger partial charge in [-0.1, -0.05) is 11.6 Å². The van der Waals surface area contributed by atoms with Crippen LogP contribution in [0.5, 0.6) is 0 Å². The molecular formula is C5H3Cl2NO2S. The van der Waals surface area contributed by atoms with E-state index in [-0.39, 0.29) is 10.0 Å². The number of hydrogen-bond acceptors (Lipinski definition) is 3. The van der Waals surface area contributed by atoms with Gasteiger partial charge in [0.25, 0.3) is 9.05 Å². The molecular weight excluding hydrogens is 209 g/mol. The predicted molar refractivity (Wildman–Crippen MR) is 42.3 cm³/mol. The molecule has 1 aromatic heterocycles. The van der Waals surface area contributed by atoms with E-state index in [1.54, 1.807) is 0 Å². The fourth-order valence-electron chi connectivity index (χ4n) is 0.536. The molecule has 0 aliphatic carbocycles. The second-order valence-electron chi connectivity index (χ2n) is 1.75. The molecule has 60 valence electrons. The molecule has 1 aromatic rings. The maximum atomic E-state index is 10.7. The highest BCUT2D eigenvalue weighted by Crippen LogP contribution is 2.16. The van der Waals surface area contributed by atoms with Crippen molar-refractivity contribution >= 4 is 31.3 Å². The van der Waals surface area contributed by atoms with Crippen molar-refractivity contribution in [2.45, 2.75) is 4.90 Å². The molecule has 0 aliphatic heterocycles. The smallest absolute Gasteiger partial charge is 0.244 e. The van der Waals surface area contributed by atoms with Crippen molar-refractivity contribution in [3.63, 3.8) is 0 Å². The van der Waals surface area contributed by atoms with E-state index in [1.807, 2.05) is 0 Å². The lowest BCUT2D eigenvalue weighted by Gasteiger charge is -1.93. The van der Waals surface area contributed by atoms with Crippen LogP contribution in [0.2, 0.25) is 5.15 Å². The Hall–Kier alpha value is -0.320. The van der Waals surface area contributed by atoms with E-state index in [1.165, 1.54) is 18.3 Å². The van der Waals surface area contributed by atoms with Crippen LogP contribution in [-0.2, 0) is 9.05 Å². The summed E-state index contributed by atoms with van der Waals surface area (Å²) in [5.41, 5.74) is 0. The second kappa shape index (κ2) is 2.97. The molecule has 0 aromatic carbocycles. The zero-order valence-electron chi connectivity index (χ0n) is 5.16. The summed E-state index contributed by atoms with van der Waals surface area (Å²) in [5.74, 6) is 0. The maximum absolute atomic E-state index is 10.7. The van der Waals surface area contributed by atoms with Crippen LogP contribution in [0.25, 0.3) is 0 Å². The largest absolute Gasteiger partial charge is 0.261 e. The van der Waals surface area contributed by atoms with Crippen LogP contribution >= 0.6 is 22.3 Å². The topological polar surface area (TPSA) is 47.0 Å². The molecule has 0 saturated carbocycles. The standard InChI is InChI=1S/C5H3Cl2NO2S/c6-5-3-4(1-2-8-5)11(7,9)10/h1-3H. The second-order valence-corrected chi connectivity index (χ2v) is 4.71. The van der Waals surface area contributed by atoms with Crippen molar-refractivity contribution in [2.75, 3.05) is 0 Å². The van der Waals surface area contributed by atoms with Crippen LogP contribution in [0.15, 0.2) is 23.2 Å². The van der Waals surface area contributed by atoms with Crippen molar-refractivity contribution < 1.29 is 8.42 Å². The molecule has 6 heteroatoms. The SMILES string of the molecule is O=S(=O)(Cl)c1ccnc(Cl)c1. The van der Waals surface area contributed by atoms with Crippen LogP contribution in [-0.4, -0.2) is 13.4 Å². The van der Waals surface area contributed by atoms with Crippen molar-refractivity contribution in [1.29, 1.82) is 0 Å². The van der Waals surface area contributed by atoms with Gasteiger partial charge in [-0.05, 0) is 12.1 Å². The van der Waals surface area contributed by atoms with E-state index in [0.717, 1.165) is 0 Å². The van der Waals surface area contributed by atoms with Gasteiger partial charge >= 0.3 is 0 Å². The van der Waals surface area contributed by atoms with Gasteiger partial charge in [0, 0.05) is 16.9 Å². The molecule has 3 nitrogen and oxygen atoms in total. The number of halogens is 2. The summed E-state index contributed by atoms with van der Waals surface area (Å²) in [6.07, 6.45) is 1.28. The van der Waals surface area contributed by atoms with Gasteiger partial charge < -0.3 is 0 Å². The average Bonchev–Trinajstić information content (AvgIpc) is 1.86. The van der Waals surface area contributed by atoms with Gasteiger partial charge in [0.05, 0.1) is 4.90 Å². The van der Waals surface area contributed by atoms with Crippen molar-refractivity contribution in [3.05, 3.63) is 23.5 Å². The minimum atomic E-state index is -3.68. The quantitative estimate of drug-likeness (QED) is 0.525. The summed E-state index contributed by atoms with van der Waals surface area (Å²) in [5, 5.41) is 0.103. The predicted octanol–water partition coefficient (Wildman–Crippen LogP) is 1.66. The molecule has 0 spiro atoms. The lowest BCUT2D eigenvalue weighted by atomic mass is 10.5. The maximum Gasteiger partial charge on any atom is 0.261 e. The number of pyridine rings is 1. The third kappa shape index (κ3) is 2.32. The number of hydrogen-bond donors (Lipinski definition) is 0. The summed E-state index contributed by atoms with van der Waals surface area (Å²) in [6.45, 7) is 0. The van der Waals surface area contributed by atoms with E-state index >= 15 is 0 Å². The minimum absolute atomic E-state index is 0.0424. The number of nitrogens with zero attached hydrogens (tertiary/aromatic N) is 1. The van der Waals surface area contributed by atoms with E-state index < -0.39 is 9.05 Å². The Morgan fingerprint density at radius 2 is 2.09 bits per heavy atom. The molecule has 11 heavy (non-hydrogen) atoms. The summed E-state index contributed by atoms with van der Waals surface area (Å²) in [4.78, 5) is 3.55. The van der Waals surface area contributed by atoms with Gasteiger partial charge in [-0.3, -0.25) is 0 Å². The Morgan fingerprint density at radius 1 is 1.45 bits per heavy atom. The van der Waals surface area contributed by atoms with Gasteiger partial charge in [0.2, 0.25) is 0 Å². The van der Waals surface area contributed by atoms with Gasteiger partial charge in [0.15, 0.2) is 0 Å². The molecule has 0 saturated heterocycles. The highest BCUT2D eigenvalue weighted by atomic mass is 35.7. The van der Waals surface area contributed by atoms with Gasteiger partial charge in [-0.2, -0.15) is 0 Å². The molecule has 0 radical (unpaired) electrons. The fourth-order valence-corrected chi connectivity index (χ4v) is 1.54. The van der Waals surface area contributed by atoms with Gasteiger partial charge in [0.1, 0.15) is 5.15 Å². The van der Waals surface area contributed by atoms with E-state index in [2.05, 4.69) is 4.98 Å². The van der Waals surface area contributed by atoms with Crippen molar-refractivity contribution in [3.8, 4) is 0 Å². The zero-order chi connectivity index (χ0) is 8.48. The molecule has 0 aliphatic rings. The molecule has 0 atom stereocenters. The third-order valence-corrected chi connectivity index (χ3v) is 2.54. The number of aromatic nitrogens is 1. The first-order valence-corrected chi connectivity index (χ1v) is 5.25. The molecule has 0 N–H and O–H groups in total. The number of rotatable bonds is 1. The van der Waals surface area contributed by atoms with E-state index in [9.17, 15) is 8.42 Å². The molecule has 1 rings (SSSR count). The van der Waals surface area contributed by atoms with E-state index in [4.69, 9.17) is 22.3 Å². The van der Waals surface area contributed by atoms with Crippen LogP contribution in [0.1, 0.15) is 0 Å². The Kier molecular flexibility index (Phi) is 2.37. The highest BCUT2D eigenvalue weighted by molar-refractivity contribution is 8.13. The molecule has 0 fully saturated rings. The van der Waals surface area contributed by atoms with Crippen LogP contribution in [0, 0.1) is 0 Å². The van der Waals surface area contributed by atoms with Crippen molar-refractivity contribution in [1.82, 2.24) is 4.98 Å². The first-order chi connectivity index (χ1) is 5.00. The highest BCUT2D eigenvalue weighted by Gasteiger charge is 2.09. The van der Waals surface area contributed by atoms with E-state index in [0.29, 0.717) is 0 Å². The Labute approximate surface area is 73.4 Å². The monoisotopic (exact) mass is 211 g/mol. The molecule has 0 unspecified atom stereocenters. The fraction of sp³-hybridized carbons (Fsp3) is 0. The summed E-state index contributed by atoms with van der Waals surface area (Å²) < 4.78 is 21.3. The third-order valence-electron chi connectivity index (χ3n) is 0.980. The van der Waals surface area contributed by atoms with Crippen LogP contribution < -0.4 is 0 Å². The zero-order valence-corrected chi connectivity index (χ0v) is 7.49. The molecule has 0 bridgehead atoms. The Bertz CT molecular complexity index is 363. The first kappa shape index (κ1) is 8.77. The average molecular weight is 212 g/mol. The molecule has 1 heterocycles. The van der Waals surface area contributed by atoms with Crippen LogP contribution in [0.3, 0.4) is 0 Å². The Balaban J connectivity index is 3.28. The van der Waals surface area contributed by atoms with Crippen LogP contribution in [0.4, 0.5) is 0 Å². The summed E-state index contributed by atoms with van der Waals surface area (Å²) >= 11 is 5.42.